The highest BCUT2D eigenvalue weighted by Gasteiger charge is 2.32. The molecule has 5 heteroatoms. The third kappa shape index (κ3) is 1.92. The third-order valence-electron chi connectivity index (χ3n) is 3.65. The van der Waals surface area contributed by atoms with Crippen LogP contribution in [0.3, 0.4) is 0 Å². The van der Waals surface area contributed by atoms with Crippen LogP contribution < -0.4 is 11.2 Å². The van der Waals surface area contributed by atoms with Gasteiger partial charge in [0.1, 0.15) is 0 Å². The molecule has 3 rings (SSSR count). The molecule has 0 bridgehead atoms. The van der Waals surface area contributed by atoms with Crippen LogP contribution in [-0.4, -0.2) is 18.0 Å². The molecule has 0 aliphatic carbocycles. The molecule has 0 atom stereocenters. The minimum atomic E-state index is -0.958. The molecule has 0 aromatic heterocycles. The van der Waals surface area contributed by atoms with E-state index >= 15 is 0 Å². The maximum absolute atomic E-state index is 11.6. The molecule has 0 spiro atoms. The van der Waals surface area contributed by atoms with Gasteiger partial charge in [0.05, 0.1) is 6.61 Å². The number of carbonyl (C=O) groups is 1. The zero-order valence-corrected chi connectivity index (χ0v) is 11.1. The number of rotatable bonds is 2. The average molecular weight is 267 g/mol. The normalized spacial score (nSPS) is 13.4. The number of hydrogen-bond acceptors (Lipinski definition) is 3. The second-order valence-electron chi connectivity index (χ2n) is 4.90. The van der Waals surface area contributed by atoms with Gasteiger partial charge < -0.3 is 15.4 Å². The Kier molecular flexibility index (Phi) is 3.08. The number of hydrogen-bond donors (Lipinski definition) is 2. The van der Waals surface area contributed by atoms with Crippen LogP contribution in [0.25, 0.3) is 11.1 Å². The van der Waals surface area contributed by atoms with Gasteiger partial charge in [0.15, 0.2) is 0 Å². The fraction of sp³-hybridized carbons (Fsp3) is 0.133. The lowest BCUT2D eigenvalue weighted by atomic mass is 9.72. The highest BCUT2D eigenvalue weighted by molar-refractivity contribution is 6.63. The Bertz CT molecular complexity index is 700. The van der Waals surface area contributed by atoms with Crippen LogP contribution in [0.4, 0.5) is 0 Å². The molecule has 1 aliphatic rings. The van der Waals surface area contributed by atoms with Crippen molar-refractivity contribution in [2.45, 2.75) is 13.5 Å². The molecule has 0 fully saturated rings. The van der Waals surface area contributed by atoms with Crippen molar-refractivity contribution in [2.75, 3.05) is 0 Å². The highest BCUT2D eigenvalue weighted by atomic mass is 16.5. The van der Waals surface area contributed by atoms with Crippen molar-refractivity contribution in [3.05, 3.63) is 53.1 Å². The quantitative estimate of drug-likeness (QED) is 0.796. The molecule has 0 radical (unpaired) electrons. The van der Waals surface area contributed by atoms with E-state index in [1.807, 2.05) is 31.2 Å². The van der Waals surface area contributed by atoms with Gasteiger partial charge in [-0.1, -0.05) is 30.3 Å². The van der Waals surface area contributed by atoms with Crippen molar-refractivity contribution in [1.82, 2.24) is 0 Å². The van der Waals surface area contributed by atoms with Gasteiger partial charge >= 0.3 is 7.12 Å². The summed E-state index contributed by atoms with van der Waals surface area (Å²) in [5, 5.41) is 10.0. The number of amides is 1. The molecule has 3 N–H and O–H groups in total. The minimum absolute atomic E-state index is 0.377. The van der Waals surface area contributed by atoms with Gasteiger partial charge in [-0.3, -0.25) is 4.79 Å². The first-order chi connectivity index (χ1) is 9.59. The second kappa shape index (κ2) is 4.78. The van der Waals surface area contributed by atoms with Crippen molar-refractivity contribution >= 4 is 18.5 Å². The zero-order valence-electron chi connectivity index (χ0n) is 11.1. The number of primary amides is 1. The van der Waals surface area contributed by atoms with Crippen molar-refractivity contribution in [3.8, 4) is 11.1 Å². The molecule has 0 unspecified atom stereocenters. The van der Waals surface area contributed by atoms with Gasteiger partial charge in [0.25, 0.3) is 0 Å². The molecule has 4 nitrogen and oxygen atoms in total. The smallest absolute Gasteiger partial charge is 0.423 e. The number of aryl methyl sites for hydroxylation is 1. The Morgan fingerprint density at radius 2 is 2.05 bits per heavy atom. The Balaban J connectivity index is 2.32. The van der Waals surface area contributed by atoms with Gasteiger partial charge in [-0.25, -0.2) is 0 Å². The summed E-state index contributed by atoms with van der Waals surface area (Å²) in [4.78, 5) is 11.6. The maximum atomic E-state index is 11.6. The summed E-state index contributed by atoms with van der Waals surface area (Å²) in [6, 6.07) is 11.1. The standard InChI is InChI=1S/C15H14BNO3/c1-9-6-7-10-8-20-16(19)14(10)13(9)11-4-2-3-5-12(11)15(17)18/h2-7,19H,8H2,1H3,(H2,17,18). The summed E-state index contributed by atoms with van der Waals surface area (Å²) in [5.41, 5.74) is 10.1. The molecule has 0 saturated heterocycles. The Hall–Kier alpha value is -2.11. The van der Waals surface area contributed by atoms with Crippen LogP contribution in [0.5, 0.6) is 0 Å². The van der Waals surface area contributed by atoms with E-state index < -0.39 is 13.0 Å². The first-order valence-electron chi connectivity index (χ1n) is 6.41. The molecule has 2 aromatic rings. The van der Waals surface area contributed by atoms with E-state index in [-0.39, 0.29) is 0 Å². The van der Waals surface area contributed by atoms with Gasteiger partial charge in [-0.05, 0) is 40.7 Å². The van der Waals surface area contributed by atoms with Crippen LogP contribution in [-0.2, 0) is 11.3 Å². The average Bonchev–Trinajstić information content (AvgIpc) is 2.81. The van der Waals surface area contributed by atoms with E-state index in [4.69, 9.17) is 10.4 Å². The first kappa shape index (κ1) is 12.9. The molecular formula is C15H14BNO3. The van der Waals surface area contributed by atoms with Crippen LogP contribution in [0, 0.1) is 6.92 Å². The van der Waals surface area contributed by atoms with E-state index in [1.165, 1.54) is 0 Å². The van der Waals surface area contributed by atoms with Crippen LogP contribution in [0.15, 0.2) is 36.4 Å². The lowest BCUT2D eigenvalue weighted by Crippen LogP contribution is -2.31. The largest absolute Gasteiger partial charge is 0.492 e. The predicted octanol–water partition coefficient (Wildman–Crippen LogP) is 0.979. The monoisotopic (exact) mass is 267 g/mol. The maximum Gasteiger partial charge on any atom is 0.492 e. The van der Waals surface area contributed by atoms with Crippen molar-refractivity contribution in [3.63, 3.8) is 0 Å². The fourth-order valence-corrected chi connectivity index (χ4v) is 2.71. The van der Waals surface area contributed by atoms with Crippen molar-refractivity contribution < 1.29 is 14.5 Å². The molecule has 2 aromatic carbocycles. The summed E-state index contributed by atoms with van der Waals surface area (Å²) in [5.74, 6) is -0.481. The van der Waals surface area contributed by atoms with E-state index in [1.54, 1.807) is 12.1 Å². The first-order valence-corrected chi connectivity index (χ1v) is 6.41. The summed E-state index contributed by atoms with van der Waals surface area (Å²) in [6.45, 7) is 2.32. The molecule has 100 valence electrons. The molecule has 1 amide bonds. The fourth-order valence-electron chi connectivity index (χ4n) is 2.71. The summed E-state index contributed by atoms with van der Waals surface area (Å²) in [6.07, 6.45) is 0. The summed E-state index contributed by atoms with van der Waals surface area (Å²) >= 11 is 0. The number of carbonyl (C=O) groups excluding carboxylic acids is 1. The topological polar surface area (TPSA) is 72.6 Å². The van der Waals surface area contributed by atoms with Crippen molar-refractivity contribution in [1.29, 1.82) is 0 Å². The van der Waals surface area contributed by atoms with E-state index in [0.29, 0.717) is 12.2 Å². The van der Waals surface area contributed by atoms with Crippen molar-refractivity contribution in [2.24, 2.45) is 5.73 Å². The molecule has 1 aliphatic heterocycles. The Labute approximate surface area is 117 Å². The molecule has 1 heterocycles. The molecule has 20 heavy (non-hydrogen) atoms. The molecular weight excluding hydrogens is 253 g/mol. The highest BCUT2D eigenvalue weighted by Crippen LogP contribution is 2.28. The van der Waals surface area contributed by atoms with Gasteiger partial charge in [0, 0.05) is 5.56 Å². The number of benzene rings is 2. The van der Waals surface area contributed by atoms with E-state index in [2.05, 4.69) is 0 Å². The zero-order chi connectivity index (χ0) is 14.3. The van der Waals surface area contributed by atoms with Gasteiger partial charge in [-0.2, -0.15) is 0 Å². The van der Waals surface area contributed by atoms with Crippen LogP contribution in [0.2, 0.25) is 0 Å². The van der Waals surface area contributed by atoms with E-state index in [0.717, 1.165) is 27.7 Å². The SMILES string of the molecule is Cc1ccc2c(c1-c1ccccc1C(N)=O)B(O)OC2. The lowest BCUT2D eigenvalue weighted by Gasteiger charge is -2.14. The predicted molar refractivity (Wildman–Crippen MR) is 77.5 cm³/mol. The molecule has 0 saturated carbocycles. The number of fused-ring (bicyclic) bond motifs is 1. The van der Waals surface area contributed by atoms with Gasteiger partial charge in [0.2, 0.25) is 5.91 Å². The second-order valence-corrected chi connectivity index (χ2v) is 4.90. The minimum Gasteiger partial charge on any atom is -0.423 e. The Morgan fingerprint density at radius 3 is 2.80 bits per heavy atom. The van der Waals surface area contributed by atoms with E-state index in [9.17, 15) is 9.82 Å². The third-order valence-corrected chi connectivity index (χ3v) is 3.65. The summed E-state index contributed by atoms with van der Waals surface area (Å²) < 4.78 is 5.28. The van der Waals surface area contributed by atoms with Crippen LogP contribution >= 0.6 is 0 Å². The Morgan fingerprint density at radius 1 is 1.30 bits per heavy atom. The number of nitrogens with two attached hydrogens (primary N) is 1. The summed E-state index contributed by atoms with van der Waals surface area (Å²) in [7, 11) is -0.958. The van der Waals surface area contributed by atoms with Crippen LogP contribution in [0.1, 0.15) is 21.5 Å². The van der Waals surface area contributed by atoms with Gasteiger partial charge in [-0.15, -0.1) is 0 Å². The lowest BCUT2D eigenvalue weighted by molar-refractivity contribution is 0.100.